The molecule has 0 unspecified atom stereocenters. The lowest BCUT2D eigenvalue weighted by molar-refractivity contribution is 0.0503. The summed E-state index contributed by atoms with van der Waals surface area (Å²) in [7, 11) is 3.17. The third kappa shape index (κ3) is 5.28. The lowest BCUT2D eigenvalue weighted by atomic mass is 10.0. The summed E-state index contributed by atoms with van der Waals surface area (Å²) in [4.78, 5) is 31.8. The van der Waals surface area contributed by atoms with E-state index in [2.05, 4.69) is 5.32 Å². The van der Waals surface area contributed by atoms with Gasteiger partial charge in [0.25, 0.3) is 5.91 Å². The number of para-hydroxylation sites is 1. The number of pyridine rings is 1. The molecule has 0 aliphatic carbocycles. The molecule has 198 valence electrons. The summed E-state index contributed by atoms with van der Waals surface area (Å²) >= 11 is 1.35. The number of rotatable bonds is 9. The van der Waals surface area contributed by atoms with E-state index in [1.165, 1.54) is 11.3 Å². The zero-order chi connectivity index (χ0) is 27.4. The minimum atomic E-state index is -0.445. The Hall–Kier alpha value is -4.43. The van der Waals surface area contributed by atoms with E-state index in [9.17, 15) is 9.59 Å². The predicted octanol–water partition coefficient (Wildman–Crippen LogP) is 7.34. The maximum atomic E-state index is 13.8. The molecule has 2 aromatic heterocycles. The van der Waals surface area contributed by atoms with Gasteiger partial charge >= 0.3 is 5.97 Å². The Labute approximate surface area is 230 Å². The predicted molar refractivity (Wildman–Crippen MR) is 155 cm³/mol. The molecule has 7 nitrogen and oxygen atoms in total. The van der Waals surface area contributed by atoms with Gasteiger partial charge < -0.3 is 19.5 Å². The average molecular weight is 541 g/mol. The van der Waals surface area contributed by atoms with Crippen molar-refractivity contribution in [3.63, 3.8) is 0 Å². The molecular formula is C31H28N2O5S. The standard InChI is InChI=1S/C31H28N2O5S/c1-4-5-16-38-31(35)28-22-11-7-9-13-27(22)39-30(28)33-29(34)23-18-25(32-24-12-8-6-10-20(23)24)21-15-14-19(36-2)17-26(21)37-3/h6-15,17-18H,4-5,16H2,1-3H3,(H,33,34). The number of nitrogens with zero attached hydrogens (tertiary/aromatic N) is 1. The van der Waals surface area contributed by atoms with Crippen LogP contribution >= 0.6 is 11.3 Å². The number of ether oxygens (including phenoxy) is 3. The molecule has 5 rings (SSSR count). The SMILES string of the molecule is CCCCOC(=O)c1c(NC(=O)c2cc(-c3ccc(OC)cc3OC)nc3ccccc23)sc2ccccc12. The number of thiophene rings is 1. The van der Waals surface area contributed by atoms with E-state index < -0.39 is 5.97 Å². The van der Waals surface area contributed by atoms with Crippen LogP contribution in [0.2, 0.25) is 0 Å². The van der Waals surface area contributed by atoms with Gasteiger partial charge in [0, 0.05) is 27.1 Å². The number of esters is 1. The van der Waals surface area contributed by atoms with E-state index in [0.717, 1.165) is 28.5 Å². The van der Waals surface area contributed by atoms with Crippen LogP contribution in [-0.2, 0) is 4.74 Å². The molecule has 0 saturated heterocycles. The lowest BCUT2D eigenvalue weighted by Gasteiger charge is -2.13. The van der Waals surface area contributed by atoms with Crippen molar-refractivity contribution < 1.29 is 23.8 Å². The second-order valence-electron chi connectivity index (χ2n) is 8.88. The summed E-state index contributed by atoms with van der Waals surface area (Å²) in [5.74, 6) is 0.429. The average Bonchev–Trinajstić information content (AvgIpc) is 3.34. The molecule has 0 fully saturated rings. The summed E-state index contributed by atoms with van der Waals surface area (Å²) in [6, 6.07) is 22.2. The van der Waals surface area contributed by atoms with Crippen molar-refractivity contribution in [1.29, 1.82) is 0 Å². The van der Waals surface area contributed by atoms with Gasteiger partial charge in [-0.2, -0.15) is 0 Å². The van der Waals surface area contributed by atoms with Crippen molar-refractivity contribution in [2.75, 3.05) is 26.1 Å². The van der Waals surface area contributed by atoms with Gasteiger partial charge in [-0.05, 0) is 36.8 Å². The van der Waals surface area contributed by atoms with Gasteiger partial charge in [0.05, 0.1) is 37.6 Å². The van der Waals surface area contributed by atoms with E-state index in [4.69, 9.17) is 19.2 Å². The smallest absolute Gasteiger partial charge is 0.341 e. The largest absolute Gasteiger partial charge is 0.497 e. The maximum absolute atomic E-state index is 13.8. The van der Waals surface area contributed by atoms with Crippen LogP contribution in [0.1, 0.15) is 40.5 Å². The number of carbonyl (C=O) groups excluding carboxylic acids is 2. The van der Waals surface area contributed by atoms with Crippen LogP contribution in [-0.4, -0.2) is 37.7 Å². The monoisotopic (exact) mass is 540 g/mol. The molecule has 3 aromatic carbocycles. The van der Waals surface area contributed by atoms with Crippen molar-refractivity contribution in [3.8, 4) is 22.8 Å². The maximum Gasteiger partial charge on any atom is 0.341 e. The summed E-state index contributed by atoms with van der Waals surface area (Å²) in [6.07, 6.45) is 1.69. The van der Waals surface area contributed by atoms with Crippen LogP contribution in [0.5, 0.6) is 11.5 Å². The minimum absolute atomic E-state index is 0.328. The van der Waals surface area contributed by atoms with Crippen molar-refractivity contribution in [3.05, 3.63) is 83.9 Å². The Balaban J connectivity index is 1.58. The number of hydrogen-bond donors (Lipinski definition) is 1. The molecule has 0 spiro atoms. The topological polar surface area (TPSA) is 86.8 Å². The molecule has 2 heterocycles. The van der Waals surface area contributed by atoms with Crippen molar-refractivity contribution in [2.24, 2.45) is 0 Å². The quantitative estimate of drug-likeness (QED) is 0.155. The molecule has 0 aliphatic heterocycles. The number of methoxy groups -OCH3 is 2. The highest BCUT2D eigenvalue weighted by atomic mass is 32.1. The Kier molecular flexibility index (Phi) is 7.74. The van der Waals surface area contributed by atoms with E-state index in [1.54, 1.807) is 26.4 Å². The highest BCUT2D eigenvalue weighted by Crippen LogP contribution is 2.38. The van der Waals surface area contributed by atoms with Crippen LogP contribution in [0.25, 0.3) is 32.2 Å². The van der Waals surface area contributed by atoms with Gasteiger partial charge in [-0.3, -0.25) is 4.79 Å². The number of amides is 1. The number of anilines is 1. The lowest BCUT2D eigenvalue weighted by Crippen LogP contribution is -2.15. The van der Waals surface area contributed by atoms with Crippen LogP contribution in [0, 0.1) is 0 Å². The number of unbranched alkanes of at least 4 members (excludes halogenated alkanes) is 1. The highest BCUT2D eigenvalue weighted by molar-refractivity contribution is 7.23. The molecule has 8 heteroatoms. The molecule has 0 atom stereocenters. The third-order valence-electron chi connectivity index (χ3n) is 6.40. The Morgan fingerprint density at radius 3 is 2.46 bits per heavy atom. The molecule has 0 aliphatic rings. The first-order valence-corrected chi connectivity index (χ1v) is 13.5. The third-order valence-corrected chi connectivity index (χ3v) is 7.49. The molecule has 0 radical (unpaired) electrons. The number of carbonyl (C=O) groups is 2. The Morgan fingerprint density at radius 1 is 0.923 bits per heavy atom. The Bertz CT molecular complexity index is 1680. The molecule has 0 bridgehead atoms. The van der Waals surface area contributed by atoms with E-state index in [-0.39, 0.29) is 5.91 Å². The number of nitrogens with one attached hydrogen (secondary N) is 1. The van der Waals surface area contributed by atoms with Gasteiger partial charge in [-0.15, -0.1) is 11.3 Å². The molecule has 5 aromatic rings. The first-order valence-electron chi connectivity index (χ1n) is 12.7. The van der Waals surface area contributed by atoms with Crippen LogP contribution in [0.15, 0.2) is 72.8 Å². The van der Waals surface area contributed by atoms with Crippen molar-refractivity contribution in [2.45, 2.75) is 19.8 Å². The molecule has 39 heavy (non-hydrogen) atoms. The normalized spacial score (nSPS) is 10.9. The Morgan fingerprint density at radius 2 is 1.69 bits per heavy atom. The van der Waals surface area contributed by atoms with Crippen molar-refractivity contribution >= 4 is 49.2 Å². The van der Waals surface area contributed by atoms with Crippen molar-refractivity contribution in [1.82, 2.24) is 4.98 Å². The molecule has 1 N–H and O–H groups in total. The highest BCUT2D eigenvalue weighted by Gasteiger charge is 2.24. The van der Waals surface area contributed by atoms with E-state index in [1.807, 2.05) is 67.6 Å². The fraction of sp³-hybridized carbons (Fsp3) is 0.194. The number of aromatic nitrogens is 1. The van der Waals surface area contributed by atoms with Gasteiger partial charge in [0.1, 0.15) is 22.1 Å². The van der Waals surface area contributed by atoms with Gasteiger partial charge in [0.15, 0.2) is 0 Å². The van der Waals surface area contributed by atoms with E-state index >= 15 is 0 Å². The van der Waals surface area contributed by atoms with Crippen LogP contribution in [0.3, 0.4) is 0 Å². The minimum Gasteiger partial charge on any atom is -0.497 e. The molecule has 0 saturated carbocycles. The number of benzene rings is 3. The summed E-state index contributed by atoms with van der Waals surface area (Å²) in [5, 5.41) is 4.90. The first-order chi connectivity index (χ1) is 19.0. The van der Waals surface area contributed by atoms with Gasteiger partial charge in [-0.1, -0.05) is 49.7 Å². The number of hydrogen-bond acceptors (Lipinski definition) is 7. The van der Waals surface area contributed by atoms with Crippen LogP contribution < -0.4 is 14.8 Å². The fourth-order valence-corrected chi connectivity index (χ4v) is 5.48. The van der Waals surface area contributed by atoms with Gasteiger partial charge in [0.2, 0.25) is 0 Å². The molecule has 1 amide bonds. The zero-order valence-electron chi connectivity index (χ0n) is 21.9. The summed E-state index contributed by atoms with van der Waals surface area (Å²) in [5.41, 5.74) is 2.76. The number of fused-ring (bicyclic) bond motifs is 2. The second-order valence-corrected chi connectivity index (χ2v) is 9.94. The first kappa shape index (κ1) is 26.2. The fourth-order valence-electron chi connectivity index (χ4n) is 4.40. The van der Waals surface area contributed by atoms with E-state index in [0.29, 0.717) is 50.8 Å². The van der Waals surface area contributed by atoms with Gasteiger partial charge in [-0.25, -0.2) is 9.78 Å². The second kappa shape index (κ2) is 11.5. The summed E-state index contributed by atoms with van der Waals surface area (Å²) < 4.78 is 17.4. The van der Waals surface area contributed by atoms with Crippen LogP contribution in [0.4, 0.5) is 5.00 Å². The zero-order valence-corrected chi connectivity index (χ0v) is 22.8. The summed E-state index contributed by atoms with van der Waals surface area (Å²) in [6.45, 7) is 2.36. The molecular weight excluding hydrogens is 512 g/mol.